The molecule has 3 aromatic carbocycles. The summed E-state index contributed by atoms with van der Waals surface area (Å²) < 4.78 is 0. The Balaban J connectivity index is -0.000000683. The summed E-state index contributed by atoms with van der Waals surface area (Å²) in [6.45, 7) is 6.29. The Labute approximate surface area is 328 Å². The Hall–Kier alpha value is -4.29. The van der Waals surface area contributed by atoms with E-state index in [2.05, 4.69) is 14.7 Å². The number of Topliss-reactive ketones (excluding diaryl/α,β-unsaturated/α-hetero) is 1. The van der Waals surface area contributed by atoms with E-state index in [-0.39, 0.29) is 69.4 Å². The zero-order valence-electron chi connectivity index (χ0n) is 31.8. The van der Waals surface area contributed by atoms with Gasteiger partial charge in [-0.2, -0.15) is 0 Å². The monoisotopic (exact) mass is 794 g/mol. The van der Waals surface area contributed by atoms with Crippen molar-refractivity contribution in [2.75, 3.05) is 26.9 Å². The molecule has 0 aliphatic heterocycles. The molecule has 3 rings (SSSR count). The standard InChI is InChI=1S/2C13H16O4.C10H12O4.C3H6O.CH4O.ClH/c2*1-10(15)2-3-11-4-5-12(6-7-17-16)13(8-11)9-14;11-6-8-1-2-9(3-4-14-13)10(5-8)7-12;1-3(2)4;1-2;/h2*2-5,8,14,16H,6-7,9H2,1H3;1-2,5-6,12-13H,3-4,7H2;1-2H3;2H,1H3;1H/b2*3-2+;;;;. The number of rotatable bonds is 17. The summed E-state index contributed by atoms with van der Waals surface area (Å²) in [6, 6.07) is 16.1. The smallest absolute Gasteiger partial charge is 0.152 e. The summed E-state index contributed by atoms with van der Waals surface area (Å²) in [7, 11) is 1.00. The van der Waals surface area contributed by atoms with E-state index in [1.807, 2.05) is 36.4 Å². The van der Waals surface area contributed by atoms with Crippen LogP contribution in [-0.2, 0) is 68.1 Å². The minimum absolute atomic E-state index is 0. The molecule has 3 aromatic rings. The molecule has 0 saturated carbocycles. The Kier molecular flexibility index (Phi) is 35.4. The first-order chi connectivity index (χ1) is 25.9. The van der Waals surface area contributed by atoms with E-state index in [0.717, 1.165) is 52.3 Å². The summed E-state index contributed by atoms with van der Waals surface area (Å²) in [5.74, 6) is 0.126. The largest absolute Gasteiger partial charge is 0.400 e. The third kappa shape index (κ3) is 27.0. The summed E-state index contributed by atoms with van der Waals surface area (Å²) in [5.41, 5.74) is 7.18. The molecule has 0 heterocycles. The molecule has 0 amide bonds. The SMILES string of the molecule is CC(=O)/C=C/c1ccc(CCOO)c(CO)c1.CC(=O)/C=C/c1ccc(CCOO)c(CO)c1.CC(C)=O.CO.Cl.O=Cc1ccc(CCOO)c(CO)c1. The van der Waals surface area contributed by atoms with Crippen molar-refractivity contribution < 1.29 is 70.0 Å². The first-order valence-electron chi connectivity index (χ1n) is 16.6. The fraction of sp³-hybridized carbons (Fsp3) is 0.350. The fourth-order valence-corrected chi connectivity index (χ4v) is 4.29. The quantitative estimate of drug-likeness (QED) is 0.0399. The molecule has 0 aromatic heterocycles. The molecule has 15 heteroatoms. The Morgan fingerprint density at radius 3 is 1.04 bits per heavy atom. The van der Waals surface area contributed by atoms with Crippen molar-refractivity contribution in [2.45, 2.75) is 66.8 Å². The maximum Gasteiger partial charge on any atom is 0.152 e. The van der Waals surface area contributed by atoms with Crippen molar-refractivity contribution in [1.29, 1.82) is 0 Å². The van der Waals surface area contributed by atoms with Crippen LogP contribution in [0.3, 0.4) is 0 Å². The minimum Gasteiger partial charge on any atom is -0.400 e. The zero-order chi connectivity index (χ0) is 41.3. The van der Waals surface area contributed by atoms with Gasteiger partial charge in [0, 0.05) is 12.7 Å². The van der Waals surface area contributed by atoms with E-state index >= 15 is 0 Å². The van der Waals surface area contributed by atoms with Gasteiger partial charge in [0.1, 0.15) is 12.1 Å². The maximum atomic E-state index is 10.8. The van der Waals surface area contributed by atoms with E-state index in [0.29, 0.717) is 30.4 Å². The molecule has 0 fully saturated rings. The highest BCUT2D eigenvalue weighted by atomic mass is 35.5. The number of carbonyl (C=O) groups is 4. The number of carbonyl (C=O) groups excluding carboxylic acids is 4. The molecule has 0 aliphatic rings. The van der Waals surface area contributed by atoms with Gasteiger partial charge in [-0.25, -0.2) is 14.7 Å². The first-order valence-corrected chi connectivity index (χ1v) is 16.6. The van der Waals surface area contributed by atoms with Crippen LogP contribution in [0, 0.1) is 0 Å². The van der Waals surface area contributed by atoms with Crippen molar-refractivity contribution in [3.8, 4) is 0 Å². The van der Waals surface area contributed by atoms with E-state index in [4.69, 9.17) is 26.0 Å². The molecule has 7 N–H and O–H groups in total. The number of aliphatic hydroxyl groups is 4. The molecule has 306 valence electrons. The molecule has 14 nitrogen and oxygen atoms in total. The van der Waals surface area contributed by atoms with Crippen LogP contribution in [-0.4, -0.2) is 86.8 Å². The highest BCUT2D eigenvalue weighted by Gasteiger charge is 2.05. The van der Waals surface area contributed by atoms with Gasteiger partial charge in [0.25, 0.3) is 0 Å². The average molecular weight is 795 g/mol. The number of aliphatic hydroxyl groups excluding tert-OH is 4. The number of allylic oxidation sites excluding steroid dienone is 2. The normalized spacial score (nSPS) is 9.96. The lowest BCUT2D eigenvalue weighted by atomic mass is 10.0. The van der Waals surface area contributed by atoms with Crippen LogP contribution in [0.5, 0.6) is 0 Å². The van der Waals surface area contributed by atoms with E-state index in [1.54, 1.807) is 30.4 Å². The topological polar surface area (TPSA) is 238 Å². The second kappa shape index (κ2) is 35.4. The number of benzene rings is 3. The van der Waals surface area contributed by atoms with Crippen LogP contribution in [0.4, 0.5) is 0 Å². The molecule has 0 atom stereocenters. The predicted octanol–water partition coefficient (Wildman–Crippen LogP) is 5.28. The summed E-state index contributed by atoms with van der Waals surface area (Å²) in [5, 5.41) is 59.2. The number of ketones is 3. The highest BCUT2D eigenvalue weighted by Crippen LogP contribution is 2.16. The Bertz CT molecular complexity index is 1500. The van der Waals surface area contributed by atoms with Crippen molar-refractivity contribution in [3.63, 3.8) is 0 Å². The molecule has 0 aliphatic carbocycles. The van der Waals surface area contributed by atoms with Gasteiger partial charge in [-0.1, -0.05) is 48.6 Å². The van der Waals surface area contributed by atoms with E-state index in [1.165, 1.54) is 39.8 Å². The summed E-state index contributed by atoms with van der Waals surface area (Å²) in [4.78, 5) is 53.5. The summed E-state index contributed by atoms with van der Waals surface area (Å²) >= 11 is 0. The van der Waals surface area contributed by atoms with Crippen LogP contribution >= 0.6 is 12.4 Å². The van der Waals surface area contributed by atoms with Crippen LogP contribution in [0.25, 0.3) is 12.2 Å². The lowest BCUT2D eigenvalue weighted by molar-refractivity contribution is -0.241. The van der Waals surface area contributed by atoms with Gasteiger partial charge >= 0.3 is 0 Å². The molecule has 0 bridgehead atoms. The van der Waals surface area contributed by atoms with Crippen LogP contribution < -0.4 is 0 Å². The number of aldehydes is 1. The molecule has 0 unspecified atom stereocenters. The van der Waals surface area contributed by atoms with E-state index < -0.39 is 0 Å². The van der Waals surface area contributed by atoms with Gasteiger partial charge in [-0.15, -0.1) is 12.4 Å². The van der Waals surface area contributed by atoms with Gasteiger partial charge in [-0.05, 0) is 122 Å². The van der Waals surface area contributed by atoms with Gasteiger partial charge in [0.2, 0.25) is 0 Å². The molecule has 0 spiro atoms. The zero-order valence-corrected chi connectivity index (χ0v) is 32.7. The van der Waals surface area contributed by atoms with Gasteiger partial charge in [0.15, 0.2) is 11.6 Å². The minimum atomic E-state index is -0.123. The van der Waals surface area contributed by atoms with Crippen LogP contribution in [0.15, 0.2) is 66.7 Å². The van der Waals surface area contributed by atoms with E-state index in [9.17, 15) is 29.4 Å². The van der Waals surface area contributed by atoms with Gasteiger partial charge in [0.05, 0.1) is 39.6 Å². The summed E-state index contributed by atoms with van der Waals surface area (Å²) in [6.07, 6.45) is 8.66. The Morgan fingerprint density at radius 2 is 0.800 bits per heavy atom. The molecule has 0 saturated heterocycles. The number of hydrogen-bond acceptors (Lipinski definition) is 14. The first kappa shape index (κ1) is 55.1. The third-order valence-corrected chi connectivity index (χ3v) is 6.75. The number of hydrogen-bond donors (Lipinski definition) is 7. The van der Waals surface area contributed by atoms with Crippen LogP contribution in [0.1, 0.15) is 82.6 Å². The van der Waals surface area contributed by atoms with Gasteiger partial charge in [-0.3, -0.25) is 30.2 Å². The van der Waals surface area contributed by atoms with Crippen molar-refractivity contribution in [3.05, 3.63) is 117 Å². The lowest BCUT2D eigenvalue weighted by Gasteiger charge is -2.07. The van der Waals surface area contributed by atoms with Crippen LogP contribution in [0.2, 0.25) is 0 Å². The highest BCUT2D eigenvalue weighted by molar-refractivity contribution is 5.92. The molecule has 55 heavy (non-hydrogen) atoms. The van der Waals surface area contributed by atoms with Crippen molar-refractivity contribution in [1.82, 2.24) is 0 Å². The maximum absolute atomic E-state index is 10.8. The second-order valence-electron chi connectivity index (χ2n) is 11.2. The lowest BCUT2D eigenvalue weighted by Crippen LogP contribution is -2.00. The third-order valence-electron chi connectivity index (χ3n) is 6.75. The predicted molar refractivity (Wildman–Crippen MR) is 211 cm³/mol. The molecular formula is C40H55ClO14. The van der Waals surface area contributed by atoms with Crippen molar-refractivity contribution >= 4 is 48.2 Å². The Morgan fingerprint density at radius 1 is 0.527 bits per heavy atom. The molecule has 0 radical (unpaired) electrons. The van der Waals surface area contributed by atoms with Crippen molar-refractivity contribution in [2.24, 2.45) is 0 Å². The average Bonchev–Trinajstić information content (AvgIpc) is 3.17. The molecular weight excluding hydrogens is 740 g/mol. The second-order valence-corrected chi connectivity index (χ2v) is 11.2. The van der Waals surface area contributed by atoms with Gasteiger partial charge < -0.3 is 25.2 Å². The number of halogens is 1. The fourth-order valence-electron chi connectivity index (χ4n) is 4.29.